The zero-order valence-electron chi connectivity index (χ0n) is 13.5. The monoisotopic (exact) mass is 295 g/mol. The molecule has 0 saturated heterocycles. The summed E-state index contributed by atoms with van der Waals surface area (Å²) in [5.41, 5.74) is -0.156. The smallest absolute Gasteiger partial charge is 0.324 e. The lowest BCUT2D eigenvalue weighted by molar-refractivity contribution is -0.150. The lowest BCUT2D eigenvalue weighted by Gasteiger charge is -2.37. The van der Waals surface area contributed by atoms with Gasteiger partial charge in [-0.2, -0.15) is 0 Å². The molecule has 1 atom stereocenters. The molecule has 0 aromatic heterocycles. The molecule has 0 spiro atoms. The van der Waals surface area contributed by atoms with E-state index in [1.165, 1.54) is 0 Å². The average molecular weight is 295 g/mol. The minimum Gasteiger partial charge on any atom is -0.497 e. The largest absolute Gasteiger partial charge is 0.497 e. The molecule has 0 saturated carbocycles. The van der Waals surface area contributed by atoms with Gasteiger partial charge in [0.15, 0.2) is 0 Å². The molecule has 1 rings (SSSR count). The van der Waals surface area contributed by atoms with Crippen LogP contribution in [0.1, 0.15) is 26.3 Å². The average Bonchev–Trinajstić information content (AvgIpc) is 2.48. The van der Waals surface area contributed by atoms with Gasteiger partial charge >= 0.3 is 5.97 Å². The van der Waals surface area contributed by atoms with Gasteiger partial charge in [0.05, 0.1) is 14.2 Å². The number of rotatable bonds is 8. The second-order valence-corrected chi connectivity index (χ2v) is 5.11. The van der Waals surface area contributed by atoms with Gasteiger partial charge in [0.1, 0.15) is 17.0 Å². The third-order valence-electron chi connectivity index (χ3n) is 3.94. The first-order valence-electron chi connectivity index (χ1n) is 7.12. The van der Waals surface area contributed by atoms with Gasteiger partial charge in [-0.05, 0) is 38.2 Å². The Balaban J connectivity index is 3.23. The molecule has 118 valence electrons. The van der Waals surface area contributed by atoms with Gasteiger partial charge in [-0.25, -0.2) is 0 Å². The molecule has 1 aromatic carbocycles. The highest BCUT2D eigenvalue weighted by molar-refractivity contribution is 5.79. The van der Waals surface area contributed by atoms with E-state index in [0.29, 0.717) is 31.0 Å². The van der Waals surface area contributed by atoms with Crippen LogP contribution in [0.2, 0.25) is 0 Å². The standard InChI is InChI=1S/C16H25NO4/c1-6-17(7-2)16(3,15(18)19)11-12-10-13(20-4)8-9-14(12)21-5/h8-10H,6-7,11H2,1-5H3,(H,18,19). The summed E-state index contributed by atoms with van der Waals surface area (Å²) in [4.78, 5) is 13.8. The van der Waals surface area contributed by atoms with Gasteiger partial charge in [0.25, 0.3) is 0 Å². The van der Waals surface area contributed by atoms with Gasteiger partial charge in [-0.1, -0.05) is 13.8 Å². The Morgan fingerprint density at radius 3 is 2.29 bits per heavy atom. The minimum atomic E-state index is -0.983. The van der Waals surface area contributed by atoms with Crippen LogP contribution in [0.5, 0.6) is 11.5 Å². The van der Waals surface area contributed by atoms with E-state index in [4.69, 9.17) is 9.47 Å². The van der Waals surface area contributed by atoms with Crippen molar-refractivity contribution in [1.82, 2.24) is 4.90 Å². The van der Waals surface area contributed by atoms with Crippen molar-refractivity contribution in [1.29, 1.82) is 0 Å². The van der Waals surface area contributed by atoms with Crippen molar-refractivity contribution in [3.8, 4) is 11.5 Å². The van der Waals surface area contributed by atoms with Gasteiger partial charge in [-0.15, -0.1) is 0 Å². The first kappa shape index (κ1) is 17.3. The Hall–Kier alpha value is -1.75. The van der Waals surface area contributed by atoms with Crippen molar-refractivity contribution in [2.24, 2.45) is 0 Å². The molecular formula is C16H25NO4. The van der Waals surface area contributed by atoms with Crippen LogP contribution in [-0.2, 0) is 11.2 Å². The lowest BCUT2D eigenvalue weighted by atomic mass is 9.90. The van der Waals surface area contributed by atoms with Crippen LogP contribution >= 0.6 is 0 Å². The first-order chi connectivity index (χ1) is 9.92. The summed E-state index contributed by atoms with van der Waals surface area (Å²) < 4.78 is 10.6. The minimum absolute atomic E-state index is 0.352. The molecule has 0 amide bonds. The number of methoxy groups -OCH3 is 2. The topological polar surface area (TPSA) is 59.0 Å². The number of aliphatic carboxylic acids is 1. The summed E-state index contributed by atoms with van der Waals surface area (Å²) in [5.74, 6) is 0.532. The number of carboxylic acid groups (broad SMARTS) is 1. The second-order valence-electron chi connectivity index (χ2n) is 5.11. The molecular weight excluding hydrogens is 270 g/mol. The molecule has 0 aliphatic heterocycles. The molecule has 0 radical (unpaired) electrons. The summed E-state index contributed by atoms with van der Waals surface area (Å²) in [7, 11) is 3.17. The zero-order valence-corrected chi connectivity index (χ0v) is 13.5. The van der Waals surface area contributed by atoms with Gasteiger partial charge in [0, 0.05) is 12.0 Å². The number of hydrogen-bond donors (Lipinski definition) is 1. The van der Waals surface area contributed by atoms with Gasteiger partial charge < -0.3 is 14.6 Å². The lowest BCUT2D eigenvalue weighted by Crippen LogP contribution is -2.53. The first-order valence-corrected chi connectivity index (χ1v) is 7.12. The van der Waals surface area contributed by atoms with Gasteiger partial charge in [-0.3, -0.25) is 9.69 Å². The van der Waals surface area contributed by atoms with Gasteiger partial charge in [0.2, 0.25) is 0 Å². The maximum Gasteiger partial charge on any atom is 0.324 e. The molecule has 0 aliphatic carbocycles. The number of hydrogen-bond acceptors (Lipinski definition) is 4. The highest BCUT2D eigenvalue weighted by atomic mass is 16.5. The summed E-state index contributed by atoms with van der Waals surface area (Å²) >= 11 is 0. The van der Waals surface area contributed by atoms with Crippen molar-refractivity contribution in [2.45, 2.75) is 32.7 Å². The van der Waals surface area contributed by atoms with Crippen LogP contribution in [-0.4, -0.2) is 48.8 Å². The third kappa shape index (κ3) is 3.67. The van der Waals surface area contributed by atoms with E-state index in [-0.39, 0.29) is 0 Å². The molecule has 1 aromatic rings. The van der Waals surface area contributed by atoms with Crippen LogP contribution in [0.4, 0.5) is 0 Å². The second kappa shape index (κ2) is 7.31. The van der Waals surface area contributed by atoms with E-state index in [9.17, 15) is 9.90 Å². The Bertz CT molecular complexity index is 485. The van der Waals surface area contributed by atoms with E-state index >= 15 is 0 Å². The number of carboxylic acids is 1. The normalized spacial score (nSPS) is 13.8. The fraction of sp³-hybridized carbons (Fsp3) is 0.562. The maximum absolute atomic E-state index is 11.8. The molecule has 0 fully saturated rings. The van der Waals surface area contributed by atoms with Crippen LogP contribution < -0.4 is 9.47 Å². The van der Waals surface area contributed by atoms with Crippen molar-refractivity contribution in [3.63, 3.8) is 0 Å². The SMILES string of the molecule is CCN(CC)C(C)(Cc1cc(OC)ccc1OC)C(=O)O. The van der Waals surface area contributed by atoms with Crippen LogP contribution in [0.25, 0.3) is 0 Å². The van der Waals surface area contributed by atoms with Crippen molar-refractivity contribution >= 4 is 5.97 Å². The van der Waals surface area contributed by atoms with Crippen LogP contribution in [0, 0.1) is 0 Å². The molecule has 5 heteroatoms. The number of nitrogens with zero attached hydrogens (tertiary/aromatic N) is 1. The Morgan fingerprint density at radius 2 is 1.86 bits per heavy atom. The fourth-order valence-corrected chi connectivity index (χ4v) is 2.64. The van der Waals surface area contributed by atoms with Crippen LogP contribution in [0.15, 0.2) is 18.2 Å². The fourth-order valence-electron chi connectivity index (χ4n) is 2.64. The Labute approximate surface area is 126 Å². The molecule has 0 heterocycles. The number of likely N-dealkylation sites (N-methyl/N-ethyl adjacent to an activating group) is 1. The summed E-state index contributed by atoms with van der Waals surface area (Å²) in [6, 6.07) is 5.44. The maximum atomic E-state index is 11.8. The van der Waals surface area contributed by atoms with E-state index in [1.807, 2.05) is 24.8 Å². The molecule has 0 aliphatic rings. The van der Waals surface area contributed by atoms with E-state index in [1.54, 1.807) is 33.3 Å². The van der Waals surface area contributed by atoms with E-state index in [2.05, 4.69) is 0 Å². The van der Waals surface area contributed by atoms with E-state index < -0.39 is 11.5 Å². The molecule has 5 nitrogen and oxygen atoms in total. The van der Waals surface area contributed by atoms with E-state index in [0.717, 1.165) is 5.56 Å². The Morgan fingerprint density at radius 1 is 1.24 bits per heavy atom. The summed E-state index contributed by atoms with van der Waals surface area (Å²) in [6.45, 7) is 7.03. The van der Waals surface area contributed by atoms with Crippen LogP contribution in [0.3, 0.4) is 0 Å². The molecule has 21 heavy (non-hydrogen) atoms. The molecule has 0 bridgehead atoms. The number of benzene rings is 1. The highest BCUT2D eigenvalue weighted by Gasteiger charge is 2.39. The quantitative estimate of drug-likeness (QED) is 0.798. The predicted molar refractivity (Wildman–Crippen MR) is 82.2 cm³/mol. The van der Waals surface area contributed by atoms with Crippen molar-refractivity contribution in [3.05, 3.63) is 23.8 Å². The summed E-state index contributed by atoms with van der Waals surface area (Å²) in [5, 5.41) is 9.70. The Kier molecular flexibility index (Phi) is 6.03. The summed E-state index contributed by atoms with van der Waals surface area (Å²) in [6.07, 6.45) is 0.352. The zero-order chi connectivity index (χ0) is 16.0. The molecule has 1 N–H and O–H groups in total. The van der Waals surface area contributed by atoms with Crippen molar-refractivity contribution in [2.75, 3.05) is 27.3 Å². The van der Waals surface area contributed by atoms with Crippen molar-refractivity contribution < 1.29 is 19.4 Å². The number of ether oxygens (including phenoxy) is 2. The molecule has 1 unspecified atom stereocenters. The highest BCUT2D eigenvalue weighted by Crippen LogP contribution is 2.30. The third-order valence-corrected chi connectivity index (χ3v) is 3.94. The predicted octanol–water partition coefficient (Wildman–Crippen LogP) is 2.43. The number of carbonyl (C=O) groups is 1.